The van der Waals surface area contributed by atoms with E-state index in [-0.39, 0.29) is 18.2 Å². The van der Waals surface area contributed by atoms with Crippen molar-refractivity contribution in [3.63, 3.8) is 0 Å². The molecule has 0 rings (SSSR count). The Hall–Kier alpha value is -1.67. The van der Waals surface area contributed by atoms with Gasteiger partial charge in [-0.05, 0) is 38.5 Å². The van der Waals surface area contributed by atoms with E-state index >= 15 is 0 Å². The predicted octanol–water partition coefficient (Wildman–Crippen LogP) is 0.961. The Morgan fingerprint density at radius 3 is 1.77 bits per heavy atom. The van der Waals surface area contributed by atoms with Gasteiger partial charge in [-0.2, -0.15) is 0 Å². The first kappa shape index (κ1) is 24.3. The maximum atomic E-state index is 12.8. The SMILES string of the molecule is CC(C)C[C@@H](C(=O)N[C@H](C(=O)NC(C)(C)C)C(C)(C)C)[C@H](O)C(=O)NO. The molecular weight excluding hydrogens is 338 g/mol. The second kappa shape index (κ2) is 9.32. The molecule has 0 aromatic heterocycles. The Morgan fingerprint density at radius 2 is 1.42 bits per heavy atom. The molecule has 26 heavy (non-hydrogen) atoms. The smallest absolute Gasteiger partial charge is 0.272 e. The van der Waals surface area contributed by atoms with E-state index in [2.05, 4.69) is 10.6 Å². The summed E-state index contributed by atoms with van der Waals surface area (Å²) >= 11 is 0. The maximum Gasteiger partial charge on any atom is 0.272 e. The summed E-state index contributed by atoms with van der Waals surface area (Å²) in [5, 5.41) is 24.4. The third-order valence-electron chi connectivity index (χ3n) is 3.74. The highest BCUT2D eigenvalue weighted by molar-refractivity contribution is 5.92. The topological polar surface area (TPSA) is 128 Å². The van der Waals surface area contributed by atoms with E-state index in [1.807, 2.05) is 55.4 Å². The van der Waals surface area contributed by atoms with Crippen LogP contribution in [0.4, 0.5) is 0 Å². The predicted molar refractivity (Wildman–Crippen MR) is 98.2 cm³/mol. The number of aliphatic hydroxyl groups excluding tert-OH is 1. The van der Waals surface area contributed by atoms with Crippen LogP contribution in [-0.2, 0) is 14.4 Å². The number of hydrogen-bond acceptors (Lipinski definition) is 5. The number of rotatable bonds is 7. The molecule has 3 atom stereocenters. The fraction of sp³-hybridized carbons (Fsp3) is 0.833. The molecular formula is C18H35N3O5. The summed E-state index contributed by atoms with van der Waals surface area (Å²) in [6, 6.07) is -0.853. The summed E-state index contributed by atoms with van der Waals surface area (Å²) in [7, 11) is 0. The Morgan fingerprint density at radius 1 is 0.923 bits per heavy atom. The summed E-state index contributed by atoms with van der Waals surface area (Å²) in [5.41, 5.74) is 0.303. The fourth-order valence-electron chi connectivity index (χ4n) is 2.50. The van der Waals surface area contributed by atoms with E-state index in [9.17, 15) is 19.5 Å². The average molecular weight is 373 g/mol. The van der Waals surface area contributed by atoms with Crippen molar-refractivity contribution in [3.05, 3.63) is 0 Å². The summed E-state index contributed by atoms with van der Waals surface area (Å²) in [4.78, 5) is 37.0. The standard InChI is InChI=1S/C18H35N3O5/c1-10(2)9-11(12(22)15(24)21-26)14(23)19-13(17(3,4)5)16(25)20-18(6,7)8/h10-13,22,26H,9H2,1-8H3,(H,19,23)(H,20,25)(H,21,24)/t11-,12+,13-/m1/s1. The van der Waals surface area contributed by atoms with Gasteiger partial charge in [0.2, 0.25) is 11.8 Å². The summed E-state index contributed by atoms with van der Waals surface area (Å²) in [5.74, 6) is -3.09. The molecule has 8 nitrogen and oxygen atoms in total. The van der Waals surface area contributed by atoms with Gasteiger partial charge >= 0.3 is 0 Å². The molecule has 8 heteroatoms. The van der Waals surface area contributed by atoms with Crippen LogP contribution >= 0.6 is 0 Å². The lowest BCUT2D eigenvalue weighted by molar-refractivity contribution is -0.147. The number of carbonyl (C=O) groups excluding carboxylic acids is 3. The van der Waals surface area contributed by atoms with Gasteiger partial charge < -0.3 is 15.7 Å². The number of amides is 3. The zero-order chi connectivity index (χ0) is 20.9. The summed E-state index contributed by atoms with van der Waals surface area (Å²) < 4.78 is 0. The van der Waals surface area contributed by atoms with Crippen LogP contribution in [0.2, 0.25) is 0 Å². The second-order valence-electron chi connectivity index (χ2n) is 9.20. The van der Waals surface area contributed by atoms with Crippen LogP contribution in [0.15, 0.2) is 0 Å². The van der Waals surface area contributed by atoms with Crippen LogP contribution < -0.4 is 16.1 Å². The lowest BCUT2D eigenvalue weighted by atomic mass is 9.84. The van der Waals surface area contributed by atoms with E-state index < -0.39 is 40.8 Å². The normalized spacial score (nSPS) is 15.8. The van der Waals surface area contributed by atoms with Gasteiger partial charge in [-0.15, -0.1) is 0 Å². The molecule has 152 valence electrons. The van der Waals surface area contributed by atoms with E-state index in [0.29, 0.717) is 0 Å². The molecule has 0 aliphatic heterocycles. The number of hydroxylamine groups is 1. The first-order valence-corrected chi connectivity index (χ1v) is 8.84. The van der Waals surface area contributed by atoms with Gasteiger partial charge in [-0.1, -0.05) is 34.6 Å². The maximum absolute atomic E-state index is 12.8. The molecule has 0 aromatic carbocycles. The van der Waals surface area contributed by atoms with Crippen LogP contribution in [-0.4, -0.2) is 45.7 Å². The Kier molecular flexibility index (Phi) is 8.72. The zero-order valence-corrected chi connectivity index (χ0v) is 17.1. The minimum Gasteiger partial charge on any atom is -0.382 e. The van der Waals surface area contributed by atoms with Crippen LogP contribution in [0.1, 0.15) is 61.8 Å². The highest BCUT2D eigenvalue weighted by atomic mass is 16.5. The monoisotopic (exact) mass is 373 g/mol. The minimum absolute atomic E-state index is 0.0170. The van der Waals surface area contributed by atoms with Crippen molar-refractivity contribution in [2.24, 2.45) is 17.3 Å². The number of hydrogen-bond donors (Lipinski definition) is 5. The lowest BCUT2D eigenvalue weighted by Crippen LogP contribution is -2.59. The van der Waals surface area contributed by atoms with Gasteiger partial charge in [0.05, 0.1) is 5.92 Å². The van der Waals surface area contributed by atoms with Crippen LogP contribution in [0.3, 0.4) is 0 Å². The molecule has 0 fully saturated rings. The molecule has 0 aliphatic rings. The van der Waals surface area contributed by atoms with E-state index in [1.54, 1.807) is 0 Å². The number of nitrogens with one attached hydrogen (secondary N) is 3. The van der Waals surface area contributed by atoms with Crippen molar-refractivity contribution in [1.29, 1.82) is 0 Å². The van der Waals surface area contributed by atoms with Crippen molar-refractivity contribution in [2.75, 3.05) is 0 Å². The first-order chi connectivity index (χ1) is 11.6. The second-order valence-corrected chi connectivity index (χ2v) is 9.20. The Bertz CT molecular complexity index is 506. The van der Waals surface area contributed by atoms with E-state index in [4.69, 9.17) is 5.21 Å². The molecule has 0 unspecified atom stereocenters. The Labute approximate surface area is 156 Å². The lowest BCUT2D eigenvalue weighted by Gasteiger charge is -2.34. The largest absolute Gasteiger partial charge is 0.382 e. The fourth-order valence-corrected chi connectivity index (χ4v) is 2.50. The quantitative estimate of drug-likeness (QED) is 0.335. The highest BCUT2D eigenvalue weighted by Gasteiger charge is 2.39. The third kappa shape index (κ3) is 8.14. The Balaban J connectivity index is 5.52. The van der Waals surface area contributed by atoms with Gasteiger partial charge in [0, 0.05) is 5.54 Å². The van der Waals surface area contributed by atoms with Gasteiger partial charge in [0.15, 0.2) is 0 Å². The highest BCUT2D eigenvalue weighted by Crippen LogP contribution is 2.23. The van der Waals surface area contributed by atoms with Gasteiger partial charge in [0.1, 0.15) is 12.1 Å². The molecule has 0 saturated carbocycles. The van der Waals surface area contributed by atoms with Crippen molar-refractivity contribution in [2.45, 2.75) is 79.5 Å². The molecule has 5 N–H and O–H groups in total. The van der Waals surface area contributed by atoms with Crippen molar-refractivity contribution < 1.29 is 24.7 Å². The van der Waals surface area contributed by atoms with Crippen LogP contribution in [0.25, 0.3) is 0 Å². The third-order valence-corrected chi connectivity index (χ3v) is 3.74. The molecule has 0 spiro atoms. The van der Waals surface area contributed by atoms with E-state index in [1.165, 1.54) is 5.48 Å². The van der Waals surface area contributed by atoms with Crippen molar-refractivity contribution >= 4 is 17.7 Å². The molecule has 0 radical (unpaired) electrons. The summed E-state index contributed by atoms with van der Waals surface area (Å²) in [6.07, 6.45) is -1.49. The minimum atomic E-state index is -1.71. The molecule has 0 aliphatic carbocycles. The van der Waals surface area contributed by atoms with Crippen molar-refractivity contribution in [1.82, 2.24) is 16.1 Å². The molecule has 0 heterocycles. The molecule has 0 saturated heterocycles. The molecule has 0 bridgehead atoms. The van der Waals surface area contributed by atoms with Gasteiger partial charge in [-0.25, -0.2) is 5.48 Å². The molecule has 3 amide bonds. The van der Waals surface area contributed by atoms with Crippen LogP contribution in [0, 0.1) is 17.3 Å². The van der Waals surface area contributed by atoms with Gasteiger partial charge in [0.25, 0.3) is 5.91 Å². The zero-order valence-electron chi connectivity index (χ0n) is 17.1. The summed E-state index contributed by atoms with van der Waals surface area (Å²) in [6.45, 7) is 14.6. The van der Waals surface area contributed by atoms with Crippen molar-refractivity contribution in [3.8, 4) is 0 Å². The van der Waals surface area contributed by atoms with Gasteiger partial charge in [-0.3, -0.25) is 19.6 Å². The number of carbonyl (C=O) groups is 3. The van der Waals surface area contributed by atoms with E-state index in [0.717, 1.165) is 0 Å². The average Bonchev–Trinajstić information content (AvgIpc) is 2.45. The first-order valence-electron chi connectivity index (χ1n) is 8.84. The number of aliphatic hydroxyl groups is 1. The molecule has 0 aromatic rings. The van der Waals surface area contributed by atoms with Crippen LogP contribution in [0.5, 0.6) is 0 Å².